The van der Waals surface area contributed by atoms with Gasteiger partial charge in [-0.1, -0.05) is 6.58 Å². The highest BCUT2D eigenvalue weighted by atomic mass is 16.5. The first kappa shape index (κ1) is 12.0. The van der Waals surface area contributed by atoms with Crippen LogP contribution in [-0.4, -0.2) is 13.4 Å². The quantitative estimate of drug-likeness (QED) is 0.559. The number of hydrogen-bond acceptors (Lipinski definition) is 3. The predicted octanol–water partition coefficient (Wildman–Crippen LogP) is 2.36. The lowest BCUT2D eigenvalue weighted by atomic mass is 9.98. The van der Waals surface area contributed by atoms with E-state index in [2.05, 4.69) is 6.58 Å². The Kier molecular flexibility index (Phi) is 4.28. The summed E-state index contributed by atoms with van der Waals surface area (Å²) in [5.41, 5.74) is 2.10. The molecule has 0 N–H and O–H groups in total. The van der Waals surface area contributed by atoms with E-state index >= 15 is 0 Å². The number of carbonyl (C=O) groups excluding carboxylic acids is 1. The van der Waals surface area contributed by atoms with Gasteiger partial charge in [0.1, 0.15) is 12.0 Å². The minimum atomic E-state index is 0.406. The fourth-order valence-corrected chi connectivity index (χ4v) is 1.47. The van der Waals surface area contributed by atoms with Crippen LogP contribution in [0.5, 0.6) is 5.75 Å². The van der Waals surface area contributed by atoms with E-state index in [0.717, 1.165) is 23.2 Å². The van der Waals surface area contributed by atoms with Crippen LogP contribution in [0.4, 0.5) is 0 Å². The maximum Gasteiger partial charge on any atom is 0.120 e. The van der Waals surface area contributed by atoms with Crippen LogP contribution in [-0.2, 0) is 11.2 Å². The van der Waals surface area contributed by atoms with E-state index in [4.69, 9.17) is 10.00 Å². The lowest BCUT2D eigenvalue weighted by Crippen LogP contribution is -1.95. The van der Waals surface area contributed by atoms with Crippen molar-refractivity contribution < 1.29 is 9.53 Å². The predicted molar refractivity (Wildman–Crippen MR) is 62.0 cm³/mol. The molecule has 16 heavy (non-hydrogen) atoms. The van der Waals surface area contributed by atoms with Crippen LogP contribution >= 0.6 is 0 Å². The van der Waals surface area contributed by atoms with Crippen LogP contribution in [0.3, 0.4) is 0 Å². The first-order valence-electron chi connectivity index (χ1n) is 4.93. The zero-order valence-corrected chi connectivity index (χ0v) is 9.19. The molecule has 0 radical (unpaired) electrons. The number of carbonyl (C=O) groups is 1. The first-order chi connectivity index (χ1) is 7.72. The zero-order chi connectivity index (χ0) is 12.0. The molecule has 1 rings (SSSR count). The standard InChI is InChI=1S/C13H13NO2/c1-10(9-14)13-6-5-12(16-2)8-11(13)4-3-7-15/h5-8H,1,3-4H2,2H3. The van der Waals surface area contributed by atoms with Gasteiger partial charge in [0.15, 0.2) is 0 Å². The highest BCUT2D eigenvalue weighted by molar-refractivity contribution is 5.77. The van der Waals surface area contributed by atoms with Crippen molar-refractivity contribution in [3.8, 4) is 11.8 Å². The van der Waals surface area contributed by atoms with Gasteiger partial charge >= 0.3 is 0 Å². The van der Waals surface area contributed by atoms with Crippen molar-refractivity contribution in [3.05, 3.63) is 35.9 Å². The second-order valence-electron chi connectivity index (χ2n) is 3.32. The monoisotopic (exact) mass is 215 g/mol. The molecule has 0 bridgehead atoms. The lowest BCUT2D eigenvalue weighted by molar-refractivity contribution is -0.107. The van der Waals surface area contributed by atoms with Crippen molar-refractivity contribution in [3.63, 3.8) is 0 Å². The van der Waals surface area contributed by atoms with Gasteiger partial charge in [-0.05, 0) is 35.7 Å². The van der Waals surface area contributed by atoms with Crippen LogP contribution in [0.15, 0.2) is 24.8 Å². The fraction of sp³-hybridized carbons (Fsp3) is 0.231. The molecule has 0 aliphatic heterocycles. The summed E-state index contributed by atoms with van der Waals surface area (Å²) in [5, 5.41) is 8.81. The van der Waals surface area contributed by atoms with Gasteiger partial charge in [-0.3, -0.25) is 0 Å². The van der Waals surface area contributed by atoms with E-state index in [0.29, 0.717) is 18.4 Å². The molecule has 1 aromatic rings. The average Bonchev–Trinajstić information content (AvgIpc) is 2.34. The van der Waals surface area contributed by atoms with Crippen LogP contribution in [0.2, 0.25) is 0 Å². The summed E-state index contributed by atoms with van der Waals surface area (Å²) in [5.74, 6) is 0.718. The molecule has 1 aromatic carbocycles. The zero-order valence-electron chi connectivity index (χ0n) is 9.19. The molecule has 0 amide bonds. The Morgan fingerprint density at radius 3 is 2.94 bits per heavy atom. The van der Waals surface area contributed by atoms with E-state index in [1.807, 2.05) is 12.1 Å². The Morgan fingerprint density at radius 2 is 2.38 bits per heavy atom. The van der Waals surface area contributed by atoms with Crippen molar-refractivity contribution in [2.45, 2.75) is 12.8 Å². The Morgan fingerprint density at radius 1 is 1.62 bits per heavy atom. The van der Waals surface area contributed by atoms with Crippen LogP contribution in [0.25, 0.3) is 5.57 Å². The number of ether oxygens (including phenoxy) is 1. The lowest BCUT2D eigenvalue weighted by Gasteiger charge is -2.08. The van der Waals surface area contributed by atoms with Crippen molar-refractivity contribution in [2.75, 3.05) is 7.11 Å². The molecule has 0 saturated heterocycles. The largest absolute Gasteiger partial charge is 0.497 e. The van der Waals surface area contributed by atoms with Crippen molar-refractivity contribution in [1.29, 1.82) is 5.26 Å². The molecule has 0 unspecified atom stereocenters. The SMILES string of the molecule is C=C(C#N)c1ccc(OC)cc1CCC=O. The van der Waals surface area contributed by atoms with E-state index in [1.165, 1.54) is 0 Å². The third-order valence-corrected chi connectivity index (χ3v) is 2.30. The highest BCUT2D eigenvalue weighted by Gasteiger charge is 2.07. The Bertz CT molecular complexity index is 444. The maximum atomic E-state index is 10.4. The number of hydrogen-bond donors (Lipinski definition) is 0. The summed E-state index contributed by atoms with van der Waals surface area (Å²) in [6, 6.07) is 7.42. The van der Waals surface area contributed by atoms with Gasteiger partial charge in [0, 0.05) is 6.42 Å². The number of aryl methyl sites for hydroxylation is 1. The molecular weight excluding hydrogens is 202 g/mol. The van der Waals surface area contributed by atoms with Crippen molar-refractivity contribution >= 4 is 11.9 Å². The Balaban J connectivity index is 3.11. The molecule has 0 fully saturated rings. The molecule has 3 nitrogen and oxygen atoms in total. The number of benzene rings is 1. The number of aldehydes is 1. The van der Waals surface area contributed by atoms with Crippen molar-refractivity contribution in [2.24, 2.45) is 0 Å². The van der Waals surface area contributed by atoms with Gasteiger partial charge in [0.05, 0.1) is 18.8 Å². The van der Waals surface area contributed by atoms with Gasteiger partial charge < -0.3 is 9.53 Å². The molecule has 3 heteroatoms. The first-order valence-corrected chi connectivity index (χ1v) is 4.93. The number of allylic oxidation sites excluding steroid dienone is 1. The van der Waals surface area contributed by atoms with Gasteiger partial charge in [0.2, 0.25) is 0 Å². The van der Waals surface area contributed by atoms with E-state index in [1.54, 1.807) is 19.2 Å². The molecule has 0 aliphatic rings. The molecule has 0 atom stereocenters. The summed E-state index contributed by atoms with van der Waals surface area (Å²) < 4.78 is 5.10. The molecule has 0 aromatic heterocycles. The van der Waals surface area contributed by atoms with E-state index in [-0.39, 0.29) is 0 Å². The second kappa shape index (κ2) is 5.72. The molecule has 0 spiro atoms. The normalized spacial score (nSPS) is 9.25. The topological polar surface area (TPSA) is 50.1 Å². The van der Waals surface area contributed by atoms with Gasteiger partial charge in [-0.15, -0.1) is 0 Å². The van der Waals surface area contributed by atoms with E-state index < -0.39 is 0 Å². The minimum absolute atomic E-state index is 0.406. The van der Waals surface area contributed by atoms with Crippen LogP contribution in [0, 0.1) is 11.3 Å². The molecule has 82 valence electrons. The number of methoxy groups -OCH3 is 1. The summed E-state index contributed by atoms with van der Waals surface area (Å²) >= 11 is 0. The Labute approximate surface area is 95.0 Å². The molecule has 0 saturated carbocycles. The molecule has 0 aliphatic carbocycles. The third kappa shape index (κ3) is 2.71. The summed E-state index contributed by atoms with van der Waals surface area (Å²) in [6.45, 7) is 3.68. The van der Waals surface area contributed by atoms with Crippen LogP contribution < -0.4 is 4.74 Å². The number of nitriles is 1. The highest BCUT2D eigenvalue weighted by Crippen LogP contribution is 2.23. The van der Waals surface area contributed by atoms with Crippen LogP contribution in [0.1, 0.15) is 17.5 Å². The third-order valence-electron chi connectivity index (χ3n) is 2.30. The maximum absolute atomic E-state index is 10.4. The smallest absolute Gasteiger partial charge is 0.120 e. The molecular formula is C13H13NO2. The second-order valence-corrected chi connectivity index (χ2v) is 3.32. The fourth-order valence-electron chi connectivity index (χ4n) is 1.47. The average molecular weight is 215 g/mol. The summed E-state index contributed by atoms with van der Waals surface area (Å²) in [4.78, 5) is 10.4. The van der Waals surface area contributed by atoms with Gasteiger partial charge in [-0.2, -0.15) is 5.26 Å². The summed E-state index contributed by atoms with van der Waals surface area (Å²) in [7, 11) is 1.58. The van der Waals surface area contributed by atoms with Crippen molar-refractivity contribution in [1.82, 2.24) is 0 Å². The molecule has 0 heterocycles. The Hall–Kier alpha value is -2.08. The van der Waals surface area contributed by atoms with Gasteiger partial charge in [0.25, 0.3) is 0 Å². The number of nitrogens with zero attached hydrogens (tertiary/aromatic N) is 1. The van der Waals surface area contributed by atoms with Gasteiger partial charge in [-0.25, -0.2) is 0 Å². The summed E-state index contributed by atoms with van der Waals surface area (Å²) in [6.07, 6.45) is 1.88. The number of rotatable bonds is 5. The van der Waals surface area contributed by atoms with E-state index in [9.17, 15) is 4.79 Å². The minimum Gasteiger partial charge on any atom is -0.497 e.